The van der Waals surface area contributed by atoms with Gasteiger partial charge >= 0.3 is 0 Å². The minimum absolute atomic E-state index is 0.0150. The lowest BCUT2D eigenvalue weighted by molar-refractivity contribution is 0.0351. The van der Waals surface area contributed by atoms with Gasteiger partial charge in [0.2, 0.25) is 0 Å². The number of aromatic hydroxyl groups is 2. The normalized spacial score (nSPS) is 12.8. The van der Waals surface area contributed by atoms with Gasteiger partial charge in [0.05, 0.1) is 12.1 Å². The molecule has 334 valence electrons. The Hall–Kier alpha value is -7.84. The SMILES string of the molecule is Oc1c(CN[C@H](c2ccccc2)C(O)(c2ccccc2)c2ccccc2)cc2ccccc2c1-c1c(O)c(CN[C@H](c2ccccc2)C(O)(c2ccccc2)c2ccccc2)cc2ccccc12. The predicted octanol–water partition coefficient (Wildman–Crippen LogP) is 12.6. The average Bonchev–Trinajstić information content (AvgIpc) is 3.41. The number of hydrogen-bond acceptors (Lipinski definition) is 6. The molecule has 0 aliphatic carbocycles. The highest BCUT2D eigenvalue weighted by molar-refractivity contribution is 6.10. The van der Waals surface area contributed by atoms with Gasteiger partial charge < -0.3 is 31.1 Å². The third-order valence-electron chi connectivity index (χ3n) is 13.4. The van der Waals surface area contributed by atoms with Gasteiger partial charge in [0.15, 0.2) is 0 Å². The van der Waals surface area contributed by atoms with Crippen molar-refractivity contribution in [2.75, 3.05) is 0 Å². The van der Waals surface area contributed by atoms with Crippen LogP contribution >= 0.6 is 0 Å². The fourth-order valence-corrected chi connectivity index (χ4v) is 10.1. The number of hydrogen-bond donors (Lipinski definition) is 6. The number of rotatable bonds is 15. The van der Waals surface area contributed by atoms with E-state index in [1.54, 1.807) is 0 Å². The molecule has 10 aromatic rings. The van der Waals surface area contributed by atoms with Crippen LogP contribution in [-0.2, 0) is 24.3 Å². The summed E-state index contributed by atoms with van der Waals surface area (Å²) >= 11 is 0. The topological polar surface area (TPSA) is 105 Å². The molecule has 0 aliphatic heterocycles. The van der Waals surface area contributed by atoms with E-state index in [1.807, 2.05) is 243 Å². The van der Waals surface area contributed by atoms with E-state index in [-0.39, 0.29) is 24.6 Å². The summed E-state index contributed by atoms with van der Waals surface area (Å²) in [6, 6.07) is 77.0. The zero-order valence-corrected chi connectivity index (χ0v) is 37.5. The van der Waals surface area contributed by atoms with E-state index < -0.39 is 23.3 Å². The van der Waals surface area contributed by atoms with Crippen molar-refractivity contribution >= 4 is 21.5 Å². The van der Waals surface area contributed by atoms with Gasteiger partial charge in [0, 0.05) is 35.3 Å². The van der Waals surface area contributed by atoms with Crippen LogP contribution in [0, 0.1) is 0 Å². The first-order chi connectivity index (χ1) is 33.4. The summed E-state index contributed by atoms with van der Waals surface area (Å²) < 4.78 is 0. The Morgan fingerprint density at radius 3 is 0.912 bits per heavy atom. The maximum Gasteiger partial charge on any atom is 0.134 e. The predicted molar refractivity (Wildman–Crippen MR) is 274 cm³/mol. The third kappa shape index (κ3) is 8.21. The lowest BCUT2D eigenvalue weighted by atomic mass is 9.77. The largest absolute Gasteiger partial charge is 0.507 e. The molecule has 6 heteroatoms. The van der Waals surface area contributed by atoms with Crippen molar-refractivity contribution in [2.24, 2.45) is 0 Å². The molecule has 2 atom stereocenters. The standard InChI is InChI=1S/C62H52N2O4/c65-57-47(41-63-59(43-23-7-1-8-24-43)61(67,49-29-11-3-12-30-49)50-31-13-4-14-32-50)39-45-27-19-21-37-53(45)55(57)56-54-38-22-20-28-46(54)40-48(58(56)66)42-64-60(44-25-9-2-10-26-44)62(68,51-33-15-5-16-34-51)52-35-17-6-18-36-52/h1-40,59-60,63-68H,41-42H2/t59-,60-/m1/s1. The summed E-state index contributed by atoms with van der Waals surface area (Å²) in [6.07, 6.45) is 0. The van der Waals surface area contributed by atoms with Crippen molar-refractivity contribution in [1.29, 1.82) is 0 Å². The summed E-state index contributed by atoms with van der Waals surface area (Å²) in [5.41, 5.74) is 3.77. The van der Waals surface area contributed by atoms with Gasteiger partial charge in [0.1, 0.15) is 22.7 Å². The summed E-state index contributed by atoms with van der Waals surface area (Å²) in [5.74, 6) is 0.0301. The Balaban J connectivity index is 1.10. The summed E-state index contributed by atoms with van der Waals surface area (Å²) in [4.78, 5) is 0. The van der Waals surface area contributed by atoms with Crippen LogP contribution in [0.25, 0.3) is 32.7 Å². The number of phenolic OH excluding ortho intramolecular Hbond substituents is 2. The van der Waals surface area contributed by atoms with E-state index in [4.69, 9.17) is 0 Å². The fourth-order valence-electron chi connectivity index (χ4n) is 10.1. The van der Waals surface area contributed by atoms with Gasteiger partial charge in [-0.15, -0.1) is 0 Å². The second kappa shape index (κ2) is 19.2. The quantitative estimate of drug-likeness (QED) is 0.0613. The van der Waals surface area contributed by atoms with Crippen molar-refractivity contribution in [2.45, 2.75) is 36.4 Å². The Morgan fingerprint density at radius 1 is 0.338 bits per heavy atom. The van der Waals surface area contributed by atoms with E-state index in [9.17, 15) is 20.4 Å². The molecule has 6 nitrogen and oxygen atoms in total. The third-order valence-corrected chi connectivity index (χ3v) is 13.4. The second-order valence-electron chi connectivity index (χ2n) is 17.4. The molecule has 0 spiro atoms. The minimum Gasteiger partial charge on any atom is -0.507 e. The molecule has 0 unspecified atom stereocenters. The van der Waals surface area contributed by atoms with E-state index in [0.717, 1.165) is 54.9 Å². The summed E-state index contributed by atoms with van der Waals surface area (Å²) in [5, 5.41) is 62.7. The highest BCUT2D eigenvalue weighted by Gasteiger charge is 2.43. The lowest BCUT2D eigenvalue weighted by Crippen LogP contribution is -2.42. The van der Waals surface area contributed by atoms with E-state index in [2.05, 4.69) is 10.6 Å². The molecule has 6 N–H and O–H groups in total. The number of benzene rings is 10. The van der Waals surface area contributed by atoms with Crippen LogP contribution in [0.3, 0.4) is 0 Å². The average molecular weight is 889 g/mol. The second-order valence-corrected chi connectivity index (χ2v) is 17.4. The summed E-state index contributed by atoms with van der Waals surface area (Å²) in [6.45, 7) is 0.336. The minimum atomic E-state index is -1.51. The molecule has 0 bridgehead atoms. The van der Waals surface area contributed by atoms with Gasteiger partial charge in [-0.05, 0) is 67.1 Å². The zero-order valence-electron chi connectivity index (χ0n) is 37.5. The van der Waals surface area contributed by atoms with Crippen molar-refractivity contribution in [1.82, 2.24) is 10.6 Å². The Labute approximate surface area is 397 Å². The summed E-state index contributed by atoms with van der Waals surface area (Å²) in [7, 11) is 0. The first kappa shape index (κ1) is 44.0. The molecule has 68 heavy (non-hydrogen) atoms. The van der Waals surface area contributed by atoms with E-state index in [0.29, 0.717) is 22.3 Å². The molecule has 0 heterocycles. The van der Waals surface area contributed by atoms with Gasteiger partial charge in [-0.1, -0.05) is 231 Å². The molecule has 0 saturated heterocycles. The van der Waals surface area contributed by atoms with Crippen LogP contribution in [0.15, 0.2) is 243 Å². The molecular weight excluding hydrogens is 837 g/mol. The van der Waals surface area contributed by atoms with Crippen LogP contribution in [-0.4, -0.2) is 20.4 Å². The van der Waals surface area contributed by atoms with Gasteiger partial charge in [-0.2, -0.15) is 0 Å². The van der Waals surface area contributed by atoms with Gasteiger partial charge in [0.25, 0.3) is 0 Å². The van der Waals surface area contributed by atoms with Crippen molar-refractivity contribution < 1.29 is 20.4 Å². The van der Waals surface area contributed by atoms with Crippen molar-refractivity contribution in [3.8, 4) is 22.6 Å². The first-order valence-electron chi connectivity index (χ1n) is 23.1. The molecule has 0 fully saturated rings. The van der Waals surface area contributed by atoms with Crippen LogP contribution < -0.4 is 10.6 Å². The van der Waals surface area contributed by atoms with Crippen LogP contribution in [0.1, 0.15) is 56.6 Å². The molecule has 0 radical (unpaired) electrons. The molecule has 10 aromatic carbocycles. The number of nitrogens with one attached hydrogen (secondary N) is 2. The molecular formula is C62H52N2O4. The molecule has 0 aliphatic rings. The number of phenols is 2. The van der Waals surface area contributed by atoms with E-state index >= 15 is 0 Å². The Morgan fingerprint density at radius 2 is 0.603 bits per heavy atom. The van der Waals surface area contributed by atoms with Gasteiger partial charge in [-0.25, -0.2) is 0 Å². The first-order valence-corrected chi connectivity index (χ1v) is 23.1. The highest BCUT2D eigenvalue weighted by atomic mass is 16.3. The zero-order chi connectivity index (χ0) is 46.5. The maximum absolute atomic E-state index is 13.2. The van der Waals surface area contributed by atoms with E-state index in [1.165, 1.54) is 0 Å². The highest BCUT2D eigenvalue weighted by Crippen LogP contribution is 2.49. The monoisotopic (exact) mass is 888 g/mol. The Bertz CT molecular complexity index is 2980. The van der Waals surface area contributed by atoms with Crippen LogP contribution in [0.5, 0.6) is 11.5 Å². The van der Waals surface area contributed by atoms with Crippen LogP contribution in [0.4, 0.5) is 0 Å². The number of aliphatic hydroxyl groups is 2. The van der Waals surface area contributed by atoms with Crippen molar-refractivity contribution in [3.05, 3.63) is 287 Å². The van der Waals surface area contributed by atoms with Crippen molar-refractivity contribution in [3.63, 3.8) is 0 Å². The Kier molecular flexibility index (Phi) is 12.4. The fraction of sp³-hybridized carbons (Fsp3) is 0.0968. The molecule has 0 saturated carbocycles. The lowest BCUT2D eigenvalue weighted by Gasteiger charge is -2.38. The molecule has 10 rings (SSSR count). The molecule has 0 amide bonds. The van der Waals surface area contributed by atoms with Gasteiger partial charge in [-0.3, -0.25) is 0 Å². The molecule has 0 aromatic heterocycles. The maximum atomic E-state index is 13.2. The smallest absolute Gasteiger partial charge is 0.134 e. The number of fused-ring (bicyclic) bond motifs is 2. The van der Waals surface area contributed by atoms with Crippen LogP contribution in [0.2, 0.25) is 0 Å².